The van der Waals surface area contributed by atoms with Crippen LogP contribution < -0.4 is 0 Å². The highest BCUT2D eigenvalue weighted by Gasteiger charge is 2.19. The summed E-state index contributed by atoms with van der Waals surface area (Å²) in [5, 5.41) is 0. The number of hydrogen-bond donors (Lipinski definition) is 0. The van der Waals surface area contributed by atoms with Crippen molar-refractivity contribution < 1.29 is 28.6 Å². The van der Waals surface area contributed by atoms with Gasteiger partial charge >= 0.3 is 17.9 Å². The molecule has 0 rings (SSSR count). The van der Waals surface area contributed by atoms with E-state index in [0.717, 1.165) is 89.9 Å². The molecule has 0 heterocycles. The monoisotopic (exact) mass is 919 g/mol. The standard InChI is InChI=1S/C60H102O6/c1-4-7-10-13-16-19-22-25-27-29-31-32-35-38-41-44-47-50-53-59(62)65-56-57(55-64-58(61)52-49-46-43-40-37-34-24-21-18-15-12-9-6-3)66-60(63)54-51-48-45-42-39-36-33-30-28-26-23-20-17-14-11-8-5-2/h9,12,15,18,21,24,26-29,31-32,34,37,57H,4-8,10-11,13-14,16-17,19-20,22-23,25,30,33,35-36,38-56H2,1-3H3/b12-9-,18-15-,24-21-,28-26-,29-27-,32-31-,37-34-. The number of carbonyl (C=O) groups is 3. The molecule has 0 saturated heterocycles. The quantitative estimate of drug-likeness (QED) is 0.0199. The Morgan fingerprint density at radius 2 is 0.606 bits per heavy atom. The molecule has 0 bridgehead atoms. The van der Waals surface area contributed by atoms with Crippen LogP contribution in [0, 0.1) is 0 Å². The van der Waals surface area contributed by atoms with Gasteiger partial charge in [-0.1, -0.05) is 234 Å². The average Bonchev–Trinajstić information content (AvgIpc) is 3.31. The maximum absolute atomic E-state index is 12.8. The minimum absolute atomic E-state index is 0.0993. The van der Waals surface area contributed by atoms with Gasteiger partial charge in [0.1, 0.15) is 13.2 Å². The molecule has 0 amide bonds. The molecule has 66 heavy (non-hydrogen) atoms. The van der Waals surface area contributed by atoms with Crippen molar-refractivity contribution in [2.24, 2.45) is 0 Å². The second-order valence-corrected chi connectivity index (χ2v) is 18.2. The van der Waals surface area contributed by atoms with Crippen LogP contribution in [-0.4, -0.2) is 37.2 Å². The van der Waals surface area contributed by atoms with Gasteiger partial charge < -0.3 is 14.2 Å². The molecule has 6 nitrogen and oxygen atoms in total. The molecular formula is C60H102O6. The zero-order valence-corrected chi connectivity index (χ0v) is 43.2. The van der Waals surface area contributed by atoms with Gasteiger partial charge in [-0.15, -0.1) is 0 Å². The number of allylic oxidation sites excluding steroid dienone is 14. The van der Waals surface area contributed by atoms with E-state index >= 15 is 0 Å². The van der Waals surface area contributed by atoms with E-state index in [0.29, 0.717) is 19.3 Å². The average molecular weight is 919 g/mol. The lowest BCUT2D eigenvalue weighted by Gasteiger charge is -2.18. The molecule has 0 aliphatic rings. The zero-order chi connectivity index (χ0) is 47.9. The first-order valence-corrected chi connectivity index (χ1v) is 27.7. The predicted octanol–water partition coefficient (Wildman–Crippen LogP) is 18.4. The van der Waals surface area contributed by atoms with Crippen LogP contribution in [0.15, 0.2) is 85.1 Å². The number of rotatable bonds is 49. The van der Waals surface area contributed by atoms with Gasteiger partial charge in [0.25, 0.3) is 0 Å². The zero-order valence-electron chi connectivity index (χ0n) is 43.2. The second-order valence-electron chi connectivity index (χ2n) is 18.2. The Morgan fingerprint density at radius 1 is 0.318 bits per heavy atom. The molecule has 0 fully saturated rings. The van der Waals surface area contributed by atoms with E-state index in [1.165, 1.54) is 128 Å². The van der Waals surface area contributed by atoms with Crippen molar-refractivity contribution in [2.45, 2.75) is 264 Å². The third-order valence-electron chi connectivity index (χ3n) is 11.7. The predicted molar refractivity (Wildman–Crippen MR) is 284 cm³/mol. The van der Waals surface area contributed by atoms with Crippen LogP contribution in [-0.2, 0) is 28.6 Å². The first-order chi connectivity index (χ1) is 32.5. The maximum Gasteiger partial charge on any atom is 0.306 e. The number of carbonyl (C=O) groups excluding carboxylic acids is 3. The summed E-state index contributed by atoms with van der Waals surface area (Å²) >= 11 is 0. The third kappa shape index (κ3) is 51.6. The minimum Gasteiger partial charge on any atom is -0.462 e. The molecule has 0 aromatic heterocycles. The van der Waals surface area contributed by atoms with E-state index < -0.39 is 6.10 Å². The summed E-state index contributed by atoms with van der Waals surface area (Å²) in [5.74, 6) is -0.955. The summed E-state index contributed by atoms with van der Waals surface area (Å²) in [7, 11) is 0. The first kappa shape index (κ1) is 62.6. The largest absolute Gasteiger partial charge is 0.462 e. The molecule has 0 aromatic rings. The van der Waals surface area contributed by atoms with Gasteiger partial charge in [0.05, 0.1) is 0 Å². The van der Waals surface area contributed by atoms with Crippen LogP contribution in [0.2, 0.25) is 0 Å². The Bertz CT molecular complexity index is 1290. The Kier molecular flexibility index (Phi) is 51.4. The molecule has 0 saturated carbocycles. The van der Waals surface area contributed by atoms with Crippen LogP contribution in [0.5, 0.6) is 0 Å². The van der Waals surface area contributed by atoms with Crippen LogP contribution in [0.4, 0.5) is 0 Å². The summed E-state index contributed by atoms with van der Waals surface area (Å²) in [6.45, 7) is 6.44. The number of esters is 3. The fourth-order valence-electron chi connectivity index (χ4n) is 7.56. The van der Waals surface area contributed by atoms with Gasteiger partial charge in [-0.3, -0.25) is 14.4 Å². The maximum atomic E-state index is 12.8. The SMILES string of the molecule is CC\C=C/C=C\C=C/C=C\CCCCCC(=O)OCC(COC(=O)CCCCCCC/C=C\C=C/CCCCCCCCC)OC(=O)CCCCCCCCC/C=C\CCCCCCCC. The molecule has 378 valence electrons. The van der Waals surface area contributed by atoms with E-state index in [1.807, 2.05) is 36.5 Å². The van der Waals surface area contributed by atoms with Gasteiger partial charge in [-0.2, -0.15) is 0 Å². The van der Waals surface area contributed by atoms with Gasteiger partial charge in [0.2, 0.25) is 0 Å². The first-order valence-electron chi connectivity index (χ1n) is 27.7. The fraction of sp³-hybridized carbons (Fsp3) is 0.717. The summed E-state index contributed by atoms with van der Waals surface area (Å²) < 4.78 is 16.8. The van der Waals surface area contributed by atoms with Gasteiger partial charge in [-0.25, -0.2) is 0 Å². The molecule has 1 atom stereocenters. The molecule has 0 aliphatic carbocycles. The Hall–Kier alpha value is -3.41. The van der Waals surface area contributed by atoms with Crippen LogP contribution in [0.25, 0.3) is 0 Å². The minimum atomic E-state index is -0.802. The number of ether oxygens (including phenoxy) is 3. The summed E-state index contributed by atoms with van der Waals surface area (Å²) in [4.78, 5) is 38.1. The van der Waals surface area contributed by atoms with Crippen molar-refractivity contribution >= 4 is 17.9 Å². The van der Waals surface area contributed by atoms with E-state index in [9.17, 15) is 14.4 Å². The molecule has 0 aromatic carbocycles. The normalized spacial score (nSPS) is 12.7. The van der Waals surface area contributed by atoms with Gasteiger partial charge in [-0.05, 0) is 89.9 Å². The lowest BCUT2D eigenvalue weighted by molar-refractivity contribution is -0.167. The molecule has 6 heteroatoms. The van der Waals surface area contributed by atoms with E-state index in [2.05, 4.69) is 69.4 Å². The van der Waals surface area contributed by atoms with Crippen molar-refractivity contribution in [2.75, 3.05) is 13.2 Å². The second kappa shape index (κ2) is 54.2. The highest BCUT2D eigenvalue weighted by molar-refractivity contribution is 5.71. The molecular weight excluding hydrogens is 817 g/mol. The smallest absolute Gasteiger partial charge is 0.306 e. The van der Waals surface area contributed by atoms with Crippen molar-refractivity contribution in [1.29, 1.82) is 0 Å². The van der Waals surface area contributed by atoms with Crippen LogP contribution >= 0.6 is 0 Å². The van der Waals surface area contributed by atoms with Crippen LogP contribution in [0.1, 0.15) is 258 Å². The Balaban J connectivity index is 4.45. The summed E-state index contributed by atoms with van der Waals surface area (Å²) in [5.41, 5.74) is 0. The van der Waals surface area contributed by atoms with E-state index in [4.69, 9.17) is 14.2 Å². The van der Waals surface area contributed by atoms with Crippen molar-refractivity contribution in [3.8, 4) is 0 Å². The van der Waals surface area contributed by atoms with Gasteiger partial charge in [0, 0.05) is 19.3 Å². The molecule has 0 aliphatic heterocycles. The summed E-state index contributed by atoms with van der Waals surface area (Å²) in [6.07, 6.45) is 70.0. The lowest BCUT2D eigenvalue weighted by Crippen LogP contribution is -2.30. The van der Waals surface area contributed by atoms with E-state index in [1.54, 1.807) is 0 Å². The number of hydrogen-bond acceptors (Lipinski definition) is 6. The molecule has 1 unspecified atom stereocenters. The lowest BCUT2D eigenvalue weighted by atomic mass is 10.1. The van der Waals surface area contributed by atoms with E-state index in [-0.39, 0.29) is 31.1 Å². The summed E-state index contributed by atoms with van der Waals surface area (Å²) in [6, 6.07) is 0. The highest BCUT2D eigenvalue weighted by atomic mass is 16.6. The third-order valence-corrected chi connectivity index (χ3v) is 11.7. The molecule has 0 spiro atoms. The topological polar surface area (TPSA) is 78.9 Å². The van der Waals surface area contributed by atoms with Crippen molar-refractivity contribution in [3.63, 3.8) is 0 Å². The molecule has 0 N–H and O–H groups in total. The highest BCUT2D eigenvalue weighted by Crippen LogP contribution is 2.14. The molecule has 0 radical (unpaired) electrons. The fourth-order valence-corrected chi connectivity index (χ4v) is 7.56. The van der Waals surface area contributed by atoms with Crippen molar-refractivity contribution in [1.82, 2.24) is 0 Å². The number of unbranched alkanes of at least 4 members (excludes halogenated alkanes) is 28. The van der Waals surface area contributed by atoms with Crippen molar-refractivity contribution in [3.05, 3.63) is 85.1 Å². The Morgan fingerprint density at radius 3 is 1.00 bits per heavy atom. The van der Waals surface area contributed by atoms with Gasteiger partial charge in [0.15, 0.2) is 6.10 Å². The van der Waals surface area contributed by atoms with Crippen LogP contribution in [0.3, 0.4) is 0 Å². The Labute approximate surface area is 407 Å².